The first kappa shape index (κ1) is 12.6. The van der Waals surface area contributed by atoms with Crippen LogP contribution in [0.4, 0.5) is 0 Å². The van der Waals surface area contributed by atoms with Gasteiger partial charge in [-0.05, 0) is 37.6 Å². The van der Waals surface area contributed by atoms with Crippen LogP contribution >= 0.6 is 23.2 Å². The van der Waals surface area contributed by atoms with Crippen LogP contribution in [0.1, 0.15) is 12.0 Å². The summed E-state index contributed by atoms with van der Waals surface area (Å²) >= 11 is 12.2. The lowest BCUT2D eigenvalue weighted by molar-refractivity contribution is 0.566. The molecule has 0 aromatic heterocycles. The van der Waals surface area contributed by atoms with Crippen LogP contribution in [0.5, 0.6) is 0 Å². The molecule has 0 aliphatic rings. The Labute approximate surface area is 101 Å². The van der Waals surface area contributed by atoms with Crippen LogP contribution in [0.2, 0.25) is 10.0 Å². The van der Waals surface area contributed by atoms with Gasteiger partial charge in [0.1, 0.15) is 0 Å². The summed E-state index contributed by atoms with van der Waals surface area (Å²) in [6.45, 7) is 3.73. The highest BCUT2D eigenvalue weighted by Crippen LogP contribution is 2.25. The van der Waals surface area contributed by atoms with Crippen molar-refractivity contribution in [1.29, 1.82) is 0 Å². The van der Waals surface area contributed by atoms with Gasteiger partial charge in [0, 0.05) is 16.1 Å². The van der Waals surface area contributed by atoms with Gasteiger partial charge in [-0.15, -0.1) is 6.58 Å². The van der Waals surface area contributed by atoms with E-state index < -0.39 is 0 Å². The Kier molecular flexibility index (Phi) is 5.16. The Morgan fingerprint density at radius 2 is 2.00 bits per heavy atom. The Morgan fingerprint density at radius 1 is 1.40 bits per heavy atom. The van der Waals surface area contributed by atoms with E-state index in [2.05, 4.69) is 11.9 Å². The van der Waals surface area contributed by atoms with Crippen molar-refractivity contribution in [2.24, 2.45) is 0 Å². The Bertz CT molecular complexity index is 316. The number of rotatable bonds is 5. The van der Waals surface area contributed by atoms with Crippen LogP contribution in [0.25, 0.3) is 0 Å². The molecule has 0 saturated carbocycles. The van der Waals surface area contributed by atoms with Crippen molar-refractivity contribution in [3.8, 4) is 0 Å². The molecule has 1 unspecified atom stereocenters. The number of hydrogen-bond acceptors (Lipinski definition) is 1. The molecule has 1 aromatic rings. The molecule has 0 fully saturated rings. The average molecular weight is 244 g/mol. The van der Waals surface area contributed by atoms with Crippen LogP contribution in [0.3, 0.4) is 0 Å². The number of hydrogen-bond donors (Lipinski definition) is 1. The zero-order valence-electron chi connectivity index (χ0n) is 8.76. The maximum absolute atomic E-state index is 6.09. The van der Waals surface area contributed by atoms with E-state index in [1.807, 2.05) is 31.3 Å². The van der Waals surface area contributed by atoms with Crippen LogP contribution < -0.4 is 5.32 Å². The van der Waals surface area contributed by atoms with Gasteiger partial charge in [0.05, 0.1) is 0 Å². The van der Waals surface area contributed by atoms with Crippen molar-refractivity contribution in [1.82, 2.24) is 5.32 Å². The molecule has 1 atom stereocenters. The molecular formula is C12H15Cl2N. The summed E-state index contributed by atoms with van der Waals surface area (Å²) in [6.07, 6.45) is 3.62. The molecule has 15 heavy (non-hydrogen) atoms. The van der Waals surface area contributed by atoms with Crippen molar-refractivity contribution < 1.29 is 0 Å². The molecule has 0 spiro atoms. The van der Waals surface area contributed by atoms with E-state index in [4.69, 9.17) is 23.2 Å². The van der Waals surface area contributed by atoms with E-state index in [0.717, 1.165) is 28.5 Å². The number of nitrogens with one attached hydrogen (secondary N) is 1. The summed E-state index contributed by atoms with van der Waals surface area (Å²) in [5.41, 5.74) is 1.00. The number of benzene rings is 1. The smallest absolute Gasteiger partial charge is 0.0453 e. The second kappa shape index (κ2) is 6.16. The van der Waals surface area contributed by atoms with E-state index in [1.165, 1.54) is 0 Å². The molecule has 0 saturated heterocycles. The molecule has 1 N–H and O–H groups in total. The summed E-state index contributed by atoms with van der Waals surface area (Å²) in [5, 5.41) is 4.67. The fourth-order valence-corrected chi connectivity index (χ4v) is 2.03. The summed E-state index contributed by atoms with van der Waals surface area (Å²) in [4.78, 5) is 0. The first-order valence-electron chi connectivity index (χ1n) is 4.90. The highest BCUT2D eigenvalue weighted by Gasteiger charge is 2.11. The topological polar surface area (TPSA) is 12.0 Å². The van der Waals surface area contributed by atoms with E-state index >= 15 is 0 Å². The first-order chi connectivity index (χ1) is 7.19. The third kappa shape index (κ3) is 3.53. The first-order valence-corrected chi connectivity index (χ1v) is 5.65. The second-order valence-electron chi connectivity index (χ2n) is 3.41. The molecule has 1 aromatic carbocycles. The van der Waals surface area contributed by atoms with Gasteiger partial charge in [-0.1, -0.05) is 35.3 Å². The molecule has 0 heterocycles. The minimum atomic E-state index is 0.333. The molecule has 3 heteroatoms. The standard InChI is InChI=1S/C12H15Cl2N/c1-3-5-9(15-2)8-10-11(13)6-4-7-12(10)14/h3-4,6-7,9,15H,1,5,8H2,2H3. The number of likely N-dealkylation sites (N-methyl/N-ethyl adjacent to an activating group) is 1. The SMILES string of the molecule is C=CCC(Cc1c(Cl)cccc1Cl)NC. The van der Waals surface area contributed by atoms with E-state index in [-0.39, 0.29) is 0 Å². The van der Waals surface area contributed by atoms with Gasteiger partial charge in [0.25, 0.3) is 0 Å². The molecule has 1 nitrogen and oxygen atoms in total. The zero-order valence-corrected chi connectivity index (χ0v) is 10.3. The van der Waals surface area contributed by atoms with Crippen molar-refractivity contribution in [3.63, 3.8) is 0 Å². The Morgan fingerprint density at radius 3 is 2.47 bits per heavy atom. The molecule has 0 aliphatic heterocycles. The van der Waals surface area contributed by atoms with Gasteiger partial charge in [-0.3, -0.25) is 0 Å². The van der Waals surface area contributed by atoms with Crippen LogP contribution in [-0.4, -0.2) is 13.1 Å². The minimum Gasteiger partial charge on any atom is -0.316 e. The fraction of sp³-hybridized carbons (Fsp3) is 0.333. The van der Waals surface area contributed by atoms with Gasteiger partial charge in [-0.25, -0.2) is 0 Å². The minimum absolute atomic E-state index is 0.333. The highest BCUT2D eigenvalue weighted by molar-refractivity contribution is 6.35. The quantitative estimate of drug-likeness (QED) is 0.779. The van der Waals surface area contributed by atoms with Gasteiger partial charge in [0.15, 0.2) is 0 Å². The predicted octanol–water partition coefficient (Wildman–Crippen LogP) is 3.70. The second-order valence-corrected chi connectivity index (χ2v) is 4.23. The Balaban J connectivity index is 2.82. The molecule has 0 radical (unpaired) electrons. The lowest BCUT2D eigenvalue weighted by Crippen LogP contribution is -2.27. The maximum Gasteiger partial charge on any atom is 0.0453 e. The van der Waals surface area contributed by atoms with Gasteiger partial charge < -0.3 is 5.32 Å². The third-order valence-electron chi connectivity index (χ3n) is 2.37. The molecule has 0 amide bonds. The summed E-state index contributed by atoms with van der Waals surface area (Å²) < 4.78 is 0. The lowest BCUT2D eigenvalue weighted by Gasteiger charge is -2.15. The molecular weight excluding hydrogens is 229 g/mol. The third-order valence-corrected chi connectivity index (χ3v) is 3.08. The monoisotopic (exact) mass is 243 g/mol. The van der Waals surface area contributed by atoms with Gasteiger partial charge in [-0.2, -0.15) is 0 Å². The Hall–Kier alpha value is -0.500. The van der Waals surface area contributed by atoms with Gasteiger partial charge >= 0.3 is 0 Å². The summed E-state index contributed by atoms with van der Waals surface area (Å²) in [5.74, 6) is 0. The molecule has 82 valence electrons. The summed E-state index contributed by atoms with van der Waals surface area (Å²) in [6, 6.07) is 5.92. The van der Waals surface area contributed by atoms with Crippen molar-refractivity contribution in [2.45, 2.75) is 18.9 Å². The molecule has 0 bridgehead atoms. The molecule has 1 rings (SSSR count). The van der Waals surface area contributed by atoms with Crippen molar-refractivity contribution >= 4 is 23.2 Å². The summed E-state index contributed by atoms with van der Waals surface area (Å²) in [7, 11) is 1.93. The molecule has 0 aliphatic carbocycles. The highest BCUT2D eigenvalue weighted by atomic mass is 35.5. The normalized spacial score (nSPS) is 12.5. The average Bonchev–Trinajstić information content (AvgIpc) is 2.22. The largest absolute Gasteiger partial charge is 0.316 e. The number of halogens is 2. The van der Waals surface area contributed by atoms with Crippen LogP contribution in [0.15, 0.2) is 30.9 Å². The van der Waals surface area contributed by atoms with Gasteiger partial charge in [0.2, 0.25) is 0 Å². The fourth-order valence-electron chi connectivity index (χ4n) is 1.48. The van der Waals surface area contributed by atoms with E-state index in [9.17, 15) is 0 Å². The van der Waals surface area contributed by atoms with E-state index in [0.29, 0.717) is 6.04 Å². The predicted molar refractivity (Wildman–Crippen MR) is 67.8 cm³/mol. The maximum atomic E-state index is 6.09. The van der Waals surface area contributed by atoms with Crippen molar-refractivity contribution in [3.05, 3.63) is 46.5 Å². The van der Waals surface area contributed by atoms with E-state index in [1.54, 1.807) is 0 Å². The zero-order chi connectivity index (χ0) is 11.3. The van der Waals surface area contributed by atoms with Crippen molar-refractivity contribution in [2.75, 3.05) is 7.05 Å². The van der Waals surface area contributed by atoms with Crippen LogP contribution in [-0.2, 0) is 6.42 Å². The van der Waals surface area contributed by atoms with Crippen LogP contribution in [0, 0.1) is 0 Å². The lowest BCUT2D eigenvalue weighted by atomic mass is 10.0.